The molecule has 286 valence electrons. The molecule has 0 aliphatic rings. The summed E-state index contributed by atoms with van der Waals surface area (Å²) in [4.78, 5) is 34.6. The number of hydrogen-bond donors (Lipinski definition) is 3. The molecule has 0 spiro atoms. The highest BCUT2D eigenvalue weighted by molar-refractivity contribution is 7.47. The Kier molecular flexibility index (Phi) is 33.7. The van der Waals surface area contributed by atoms with Crippen LogP contribution in [-0.4, -0.2) is 65.7 Å². The molecular weight excluding hydrogens is 635 g/mol. The van der Waals surface area contributed by atoms with Crippen LogP contribution >= 0.6 is 7.82 Å². The van der Waals surface area contributed by atoms with E-state index >= 15 is 0 Å². The van der Waals surface area contributed by atoms with E-state index in [1.54, 1.807) is 0 Å². The Morgan fingerprint density at radius 1 is 0.542 bits per heavy atom. The minimum absolute atomic E-state index is 0.188. The number of rotatable bonds is 37. The van der Waals surface area contributed by atoms with E-state index in [0.29, 0.717) is 12.8 Å². The zero-order chi connectivity index (χ0) is 35.6. The van der Waals surface area contributed by atoms with E-state index in [4.69, 9.17) is 19.1 Å². The summed E-state index contributed by atoms with van der Waals surface area (Å²) in [5, 5.41) is 18.2. The summed E-state index contributed by atoms with van der Waals surface area (Å²) < 4.78 is 32.5. The second-order valence-electron chi connectivity index (χ2n) is 13.3. The van der Waals surface area contributed by atoms with Crippen molar-refractivity contribution < 1.29 is 47.8 Å². The van der Waals surface area contributed by atoms with Gasteiger partial charge in [0.2, 0.25) is 0 Å². The van der Waals surface area contributed by atoms with Gasteiger partial charge >= 0.3 is 19.8 Å². The first-order chi connectivity index (χ1) is 23.2. The van der Waals surface area contributed by atoms with Crippen LogP contribution in [0.25, 0.3) is 0 Å². The number of ether oxygens (including phenoxy) is 2. The number of unbranched alkanes of at least 4 members (excludes halogenated alkanes) is 23. The summed E-state index contributed by atoms with van der Waals surface area (Å²) in [6, 6.07) is 0. The first kappa shape index (κ1) is 47.0. The molecule has 0 aromatic rings. The Bertz CT molecular complexity index is 781. The number of aliphatic hydroxyl groups is 2. The molecule has 3 atom stereocenters. The molecule has 0 bridgehead atoms. The average molecular weight is 709 g/mol. The zero-order valence-corrected chi connectivity index (χ0v) is 31.6. The topological polar surface area (TPSA) is 149 Å². The van der Waals surface area contributed by atoms with Crippen LogP contribution in [0.4, 0.5) is 0 Å². The fraction of sp³-hybridized carbons (Fsp3) is 0.946. The van der Waals surface area contributed by atoms with Crippen molar-refractivity contribution in [2.75, 3.05) is 26.4 Å². The molecular formula is C37H73O10P. The van der Waals surface area contributed by atoms with Gasteiger partial charge in [0.25, 0.3) is 0 Å². The van der Waals surface area contributed by atoms with Crippen LogP contribution in [0.5, 0.6) is 0 Å². The van der Waals surface area contributed by atoms with Crippen molar-refractivity contribution in [3.05, 3.63) is 0 Å². The highest BCUT2D eigenvalue weighted by atomic mass is 31.2. The Balaban J connectivity index is 4.15. The van der Waals surface area contributed by atoms with Gasteiger partial charge in [0.15, 0.2) is 6.10 Å². The molecule has 0 fully saturated rings. The quantitative estimate of drug-likeness (QED) is 0.0324. The van der Waals surface area contributed by atoms with Crippen molar-refractivity contribution in [3.8, 4) is 0 Å². The molecule has 0 saturated carbocycles. The number of phosphoric acid groups is 1. The lowest BCUT2D eigenvalue weighted by Gasteiger charge is -2.20. The summed E-state index contributed by atoms with van der Waals surface area (Å²) in [6.07, 6.45) is 28.2. The van der Waals surface area contributed by atoms with Gasteiger partial charge in [0, 0.05) is 12.8 Å². The molecule has 0 rings (SSSR count). The largest absolute Gasteiger partial charge is 0.472 e. The minimum Gasteiger partial charge on any atom is -0.462 e. The molecule has 0 heterocycles. The van der Waals surface area contributed by atoms with Gasteiger partial charge in [-0.2, -0.15) is 0 Å². The first-order valence-corrected chi connectivity index (χ1v) is 21.0. The smallest absolute Gasteiger partial charge is 0.462 e. The van der Waals surface area contributed by atoms with Gasteiger partial charge in [0.05, 0.1) is 19.8 Å². The maximum absolute atomic E-state index is 12.4. The molecule has 10 nitrogen and oxygen atoms in total. The molecule has 11 heteroatoms. The third kappa shape index (κ3) is 33.5. The highest BCUT2D eigenvalue weighted by Gasteiger charge is 2.27. The van der Waals surface area contributed by atoms with Crippen molar-refractivity contribution in [2.45, 2.75) is 199 Å². The Hall–Kier alpha value is -1.03. The monoisotopic (exact) mass is 708 g/mol. The standard InChI is InChI=1S/C37H73O10P/c1-3-5-7-9-11-12-13-14-15-16-17-18-19-20-21-23-24-26-28-36(40)44-32-35(33-46-48(42,43)45-31-34(39)30-38)47-37(41)29-27-25-22-10-8-6-4-2/h34-35,38-39H,3-33H2,1-2H3,(H,42,43)/t34-,35+/m1/s1. The third-order valence-electron chi connectivity index (χ3n) is 8.51. The summed E-state index contributed by atoms with van der Waals surface area (Å²) >= 11 is 0. The van der Waals surface area contributed by atoms with E-state index in [-0.39, 0.29) is 19.4 Å². The average Bonchev–Trinajstić information content (AvgIpc) is 3.07. The van der Waals surface area contributed by atoms with Crippen molar-refractivity contribution in [3.63, 3.8) is 0 Å². The SMILES string of the molecule is CCCCCCCCCCCCCCCCCCCCC(=O)OC[C@@H](COP(=O)(O)OC[C@H](O)CO)OC(=O)CCCCCCCCC. The van der Waals surface area contributed by atoms with Crippen LogP contribution in [0.1, 0.15) is 187 Å². The van der Waals surface area contributed by atoms with Crippen molar-refractivity contribution in [2.24, 2.45) is 0 Å². The summed E-state index contributed by atoms with van der Waals surface area (Å²) in [7, 11) is -4.60. The lowest BCUT2D eigenvalue weighted by Crippen LogP contribution is -2.29. The highest BCUT2D eigenvalue weighted by Crippen LogP contribution is 2.43. The molecule has 1 unspecified atom stereocenters. The predicted octanol–water partition coefficient (Wildman–Crippen LogP) is 9.50. The summed E-state index contributed by atoms with van der Waals surface area (Å²) in [5.41, 5.74) is 0. The van der Waals surface area contributed by atoms with E-state index in [0.717, 1.165) is 32.1 Å². The molecule has 0 aliphatic carbocycles. The lowest BCUT2D eigenvalue weighted by molar-refractivity contribution is -0.161. The number of esters is 2. The maximum atomic E-state index is 12.4. The predicted molar refractivity (Wildman–Crippen MR) is 192 cm³/mol. The molecule has 48 heavy (non-hydrogen) atoms. The second-order valence-corrected chi connectivity index (χ2v) is 14.8. The van der Waals surface area contributed by atoms with Gasteiger partial charge in [-0.25, -0.2) is 4.57 Å². The van der Waals surface area contributed by atoms with Gasteiger partial charge in [-0.15, -0.1) is 0 Å². The molecule has 0 aromatic carbocycles. The lowest BCUT2D eigenvalue weighted by atomic mass is 10.0. The van der Waals surface area contributed by atoms with E-state index in [2.05, 4.69) is 18.4 Å². The number of carbonyl (C=O) groups excluding carboxylic acids is 2. The van der Waals surface area contributed by atoms with E-state index in [1.165, 1.54) is 116 Å². The van der Waals surface area contributed by atoms with Crippen LogP contribution in [0, 0.1) is 0 Å². The fourth-order valence-corrected chi connectivity index (χ4v) is 6.25. The van der Waals surface area contributed by atoms with Crippen molar-refractivity contribution >= 4 is 19.8 Å². The molecule has 0 amide bonds. The van der Waals surface area contributed by atoms with Crippen LogP contribution in [-0.2, 0) is 32.7 Å². The van der Waals surface area contributed by atoms with Crippen LogP contribution in [0.3, 0.4) is 0 Å². The van der Waals surface area contributed by atoms with Gasteiger partial charge in [-0.3, -0.25) is 18.6 Å². The van der Waals surface area contributed by atoms with Crippen LogP contribution in [0.2, 0.25) is 0 Å². The molecule has 0 aromatic heterocycles. The van der Waals surface area contributed by atoms with E-state index < -0.39 is 51.8 Å². The maximum Gasteiger partial charge on any atom is 0.472 e. The first-order valence-electron chi connectivity index (χ1n) is 19.5. The Labute approximate surface area is 293 Å². The third-order valence-corrected chi connectivity index (χ3v) is 9.46. The number of carbonyl (C=O) groups is 2. The van der Waals surface area contributed by atoms with Gasteiger partial charge in [-0.05, 0) is 12.8 Å². The van der Waals surface area contributed by atoms with Crippen LogP contribution in [0.15, 0.2) is 0 Å². The second kappa shape index (κ2) is 34.4. The van der Waals surface area contributed by atoms with Crippen molar-refractivity contribution in [1.29, 1.82) is 0 Å². The van der Waals surface area contributed by atoms with Gasteiger partial charge < -0.3 is 24.6 Å². The summed E-state index contributed by atoms with van der Waals surface area (Å²) in [6.45, 7) is 2.34. The van der Waals surface area contributed by atoms with Gasteiger partial charge in [0.1, 0.15) is 12.7 Å². The molecule has 3 N–H and O–H groups in total. The molecule has 0 saturated heterocycles. The van der Waals surface area contributed by atoms with Crippen LogP contribution < -0.4 is 0 Å². The number of aliphatic hydroxyl groups excluding tert-OH is 2. The summed E-state index contributed by atoms with van der Waals surface area (Å²) in [5.74, 6) is -0.921. The van der Waals surface area contributed by atoms with Crippen molar-refractivity contribution in [1.82, 2.24) is 0 Å². The van der Waals surface area contributed by atoms with Gasteiger partial charge in [-0.1, -0.05) is 162 Å². The van der Waals surface area contributed by atoms with E-state index in [9.17, 15) is 24.2 Å². The molecule has 0 radical (unpaired) electrons. The zero-order valence-electron chi connectivity index (χ0n) is 30.7. The normalized spacial score (nSPS) is 14.0. The fourth-order valence-electron chi connectivity index (χ4n) is 5.46. The minimum atomic E-state index is -4.60. The number of hydrogen-bond acceptors (Lipinski definition) is 9. The molecule has 0 aliphatic heterocycles. The van der Waals surface area contributed by atoms with E-state index in [1.807, 2.05) is 0 Å². The Morgan fingerprint density at radius 2 is 0.896 bits per heavy atom. The number of phosphoric ester groups is 1. The Morgan fingerprint density at radius 3 is 1.29 bits per heavy atom.